The van der Waals surface area contributed by atoms with Gasteiger partial charge in [-0.1, -0.05) is 18.2 Å². The molecule has 0 saturated carbocycles. The molecule has 3 aromatic rings. The van der Waals surface area contributed by atoms with Crippen LogP contribution in [0.25, 0.3) is 22.7 Å². The van der Waals surface area contributed by atoms with Crippen LogP contribution in [-0.4, -0.2) is 9.97 Å². The molecule has 2 heterocycles. The molecular weight excluding hydrogens is 212 g/mol. The zero-order chi connectivity index (χ0) is 12.4. The van der Waals surface area contributed by atoms with Gasteiger partial charge in [0, 0.05) is 17.3 Å². The quantitative estimate of drug-likeness (QED) is 0.668. The molecule has 1 aromatic carbocycles. The van der Waals surface area contributed by atoms with Gasteiger partial charge in [0.05, 0.1) is 13.2 Å². The standard InChI is InChI=1S/C14H10N2O/c1-2-7-15-13(6-1)11-4-3-5-12(10-11)14-16-8-9-17-14/h1-10H/i8D. The van der Waals surface area contributed by atoms with Crippen LogP contribution in [0.3, 0.4) is 0 Å². The average molecular weight is 223 g/mol. The lowest BCUT2D eigenvalue weighted by molar-refractivity contribution is 0.574. The monoisotopic (exact) mass is 223 g/mol. The fourth-order valence-electron chi connectivity index (χ4n) is 1.67. The average Bonchev–Trinajstić information content (AvgIpc) is 2.87. The number of oxazole rings is 1. The molecule has 82 valence electrons. The van der Waals surface area contributed by atoms with Crippen LogP contribution in [0.2, 0.25) is 0 Å². The molecule has 0 aliphatic rings. The fourth-order valence-corrected chi connectivity index (χ4v) is 1.67. The van der Waals surface area contributed by atoms with E-state index in [2.05, 4.69) is 9.97 Å². The lowest BCUT2D eigenvalue weighted by Gasteiger charge is -2.01. The van der Waals surface area contributed by atoms with Crippen molar-refractivity contribution in [3.05, 3.63) is 61.1 Å². The van der Waals surface area contributed by atoms with Crippen LogP contribution in [0.1, 0.15) is 1.37 Å². The minimum Gasteiger partial charge on any atom is -0.445 e. The first-order valence-electron chi connectivity index (χ1n) is 5.77. The SMILES string of the molecule is [2H]c1coc(-c2cccc(-c3ccccn3)c2)n1. The van der Waals surface area contributed by atoms with E-state index in [0.717, 1.165) is 16.8 Å². The molecule has 0 aliphatic heterocycles. The molecule has 3 nitrogen and oxygen atoms in total. The van der Waals surface area contributed by atoms with E-state index in [1.54, 1.807) is 6.20 Å². The van der Waals surface area contributed by atoms with Crippen molar-refractivity contribution in [3.63, 3.8) is 0 Å². The van der Waals surface area contributed by atoms with E-state index in [1.165, 1.54) is 6.26 Å². The van der Waals surface area contributed by atoms with Crippen LogP contribution in [0.5, 0.6) is 0 Å². The zero-order valence-electron chi connectivity index (χ0n) is 10.00. The van der Waals surface area contributed by atoms with Crippen molar-refractivity contribution in [3.8, 4) is 22.7 Å². The Kier molecular flexibility index (Phi) is 2.16. The van der Waals surface area contributed by atoms with Crippen molar-refractivity contribution in [2.75, 3.05) is 0 Å². The Bertz CT molecular complexity index is 664. The maximum atomic E-state index is 7.37. The summed E-state index contributed by atoms with van der Waals surface area (Å²) in [7, 11) is 0. The van der Waals surface area contributed by atoms with Crippen molar-refractivity contribution in [1.29, 1.82) is 0 Å². The van der Waals surface area contributed by atoms with E-state index < -0.39 is 0 Å². The Balaban J connectivity index is 2.05. The molecule has 0 aliphatic carbocycles. The molecule has 3 rings (SSSR count). The van der Waals surface area contributed by atoms with Crippen LogP contribution in [-0.2, 0) is 0 Å². The van der Waals surface area contributed by atoms with Crippen molar-refractivity contribution in [2.24, 2.45) is 0 Å². The molecule has 2 aromatic heterocycles. The van der Waals surface area contributed by atoms with Gasteiger partial charge in [-0.15, -0.1) is 0 Å². The van der Waals surface area contributed by atoms with Crippen LogP contribution in [0.4, 0.5) is 0 Å². The van der Waals surface area contributed by atoms with Gasteiger partial charge in [0.15, 0.2) is 0 Å². The van der Waals surface area contributed by atoms with E-state index >= 15 is 0 Å². The van der Waals surface area contributed by atoms with E-state index in [-0.39, 0.29) is 6.17 Å². The van der Waals surface area contributed by atoms with Crippen LogP contribution in [0.15, 0.2) is 65.5 Å². The summed E-state index contributed by atoms with van der Waals surface area (Å²) in [6.45, 7) is 0. The molecule has 0 fully saturated rings. The second kappa shape index (κ2) is 4.22. The highest BCUT2D eigenvalue weighted by atomic mass is 16.3. The summed E-state index contributed by atoms with van der Waals surface area (Å²) in [6.07, 6.45) is 3.21. The molecule has 0 atom stereocenters. The molecule has 17 heavy (non-hydrogen) atoms. The van der Waals surface area contributed by atoms with Gasteiger partial charge >= 0.3 is 0 Å². The van der Waals surface area contributed by atoms with E-state index in [4.69, 9.17) is 5.79 Å². The molecule has 0 spiro atoms. The maximum Gasteiger partial charge on any atom is 0.225 e. The van der Waals surface area contributed by atoms with Crippen molar-refractivity contribution in [1.82, 2.24) is 9.97 Å². The first kappa shape index (κ1) is 8.70. The summed E-state index contributed by atoms with van der Waals surface area (Å²) >= 11 is 0. The number of pyridine rings is 1. The minimum atomic E-state index is 0.133. The number of benzene rings is 1. The summed E-state index contributed by atoms with van der Waals surface area (Å²) in [6, 6.07) is 13.5. The van der Waals surface area contributed by atoms with Crippen molar-refractivity contribution in [2.45, 2.75) is 0 Å². The van der Waals surface area contributed by atoms with Crippen LogP contribution < -0.4 is 0 Å². The van der Waals surface area contributed by atoms with Crippen LogP contribution >= 0.6 is 0 Å². The second-order valence-corrected chi connectivity index (χ2v) is 3.58. The molecule has 0 saturated heterocycles. The smallest absolute Gasteiger partial charge is 0.225 e. The molecule has 0 amide bonds. The molecule has 0 unspecified atom stereocenters. The summed E-state index contributed by atoms with van der Waals surface area (Å²) in [5.74, 6) is 0.456. The van der Waals surface area contributed by atoms with Gasteiger partial charge in [-0.05, 0) is 24.3 Å². The van der Waals surface area contributed by atoms with Gasteiger partial charge < -0.3 is 4.42 Å². The van der Waals surface area contributed by atoms with Gasteiger partial charge in [-0.2, -0.15) is 0 Å². The van der Waals surface area contributed by atoms with Crippen molar-refractivity contribution < 1.29 is 5.79 Å². The Labute approximate surface area is 100 Å². The second-order valence-electron chi connectivity index (χ2n) is 3.58. The van der Waals surface area contributed by atoms with E-state index in [9.17, 15) is 0 Å². The van der Waals surface area contributed by atoms with Gasteiger partial charge in [-0.3, -0.25) is 4.98 Å². The predicted molar refractivity (Wildman–Crippen MR) is 65.2 cm³/mol. The number of rotatable bonds is 2. The molecule has 0 radical (unpaired) electrons. The predicted octanol–water partition coefficient (Wildman–Crippen LogP) is 3.40. The summed E-state index contributed by atoms with van der Waals surface area (Å²) in [5, 5.41) is 0. The Hall–Kier alpha value is -2.42. The first-order chi connectivity index (χ1) is 8.83. The fraction of sp³-hybridized carbons (Fsp3) is 0. The molecule has 0 N–H and O–H groups in total. The summed E-state index contributed by atoms with van der Waals surface area (Å²) in [4.78, 5) is 8.30. The van der Waals surface area contributed by atoms with Gasteiger partial charge in [0.1, 0.15) is 6.26 Å². The van der Waals surface area contributed by atoms with Gasteiger partial charge in [0.25, 0.3) is 0 Å². The largest absolute Gasteiger partial charge is 0.445 e. The Morgan fingerprint density at radius 1 is 1.00 bits per heavy atom. The normalized spacial score (nSPS) is 11.2. The zero-order valence-corrected chi connectivity index (χ0v) is 9.00. The summed E-state index contributed by atoms with van der Waals surface area (Å²) < 4.78 is 12.6. The Morgan fingerprint density at radius 2 is 1.94 bits per heavy atom. The lowest BCUT2D eigenvalue weighted by atomic mass is 10.1. The van der Waals surface area contributed by atoms with Crippen LogP contribution in [0, 0.1) is 0 Å². The highest BCUT2D eigenvalue weighted by Gasteiger charge is 2.04. The van der Waals surface area contributed by atoms with Gasteiger partial charge in [0.2, 0.25) is 5.89 Å². The first-order valence-corrected chi connectivity index (χ1v) is 5.27. The Morgan fingerprint density at radius 3 is 2.71 bits per heavy atom. The number of hydrogen-bond acceptors (Lipinski definition) is 3. The highest BCUT2D eigenvalue weighted by Crippen LogP contribution is 2.23. The molecule has 3 heteroatoms. The van der Waals surface area contributed by atoms with E-state index in [1.807, 2.05) is 42.5 Å². The number of nitrogens with zero attached hydrogens (tertiary/aromatic N) is 2. The third-order valence-corrected chi connectivity index (χ3v) is 2.46. The third kappa shape index (κ3) is 1.95. The third-order valence-electron chi connectivity index (χ3n) is 2.46. The van der Waals surface area contributed by atoms with E-state index in [0.29, 0.717) is 5.89 Å². The van der Waals surface area contributed by atoms with Crippen molar-refractivity contribution >= 4 is 0 Å². The molecule has 0 bridgehead atoms. The topological polar surface area (TPSA) is 38.9 Å². The maximum absolute atomic E-state index is 7.37. The number of aromatic nitrogens is 2. The van der Waals surface area contributed by atoms with Gasteiger partial charge in [-0.25, -0.2) is 4.98 Å². The number of hydrogen-bond donors (Lipinski definition) is 0. The lowest BCUT2D eigenvalue weighted by Crippen LogP contribution is -1.83. The minimum absolute atomic E-state index is 0.133. The molecular formula is C14H10N2O. The summed E-state index contributed by atoms with van der Waals surface area (Å²) in [5.41, 5.74) is 2.74. The highest BCUT2D eigenvalue weighted by molar-refractivity contribution is 5.66.